The van der Waals surface area contributed by atoms with Crippen LogP contribution in [0.25, 0.3) is 43.1 Å². The van der Waals surface area contributed by atoms with E-state index in [-0.39, 0.29) is 144 Å². The fourth-order valence-electron chi connectivity index (χ4n) is 17.6. The van der Waals surface area contributed by atoms with Crippen LogP contribution < -0.4 is 18.9 Å². The third kappa shape index (κ3) is 15.7. The van der Waals surface area contributed by atoms with E-state index in [1.807, 2.05) is 104 Å². The molecular formula is C88H93F3N8O14. The van der Waals surface area contributed by atoms with E-state index in [9.17, 15) is 0 Å². The summed E-state index contributed by atoms with van der Waals surface area (Å²) in [5.41, 5.74) is 5.94. The second-order valence-electron chi connectivity index (χ2n) is 32.3. The Bertz CT molecular complexity index is 5010. The van der Waals surface area contributed by atoms with E-state index < -0.39 is 60.1 Å². The first-order valence-corrected chi connectivity index (χ1v) is 39.4. The predicted molar refractivity (Wildman–Crippen MR) is 419 cm³/mol. The molecule has 0 aliphatic carbocycles. The van der Waals surface area contributed by atoms with E-state index in [0.717, 1.165) is 102 Å². The van der Waals surface area contributed by atoms with Crippen molar-refractivity contribution in [3.8, 4) is 46.0 Å². The molecule has 0 aromatic heterocycles. The summed E-state index contributed by atoms with van der Waals surface area (Å²) in [5.74, 6) is -4.17. The van der Waals surface area contributed by atoms with Crippen LogP contribution in [0.4, 0.5) is 13.2 Å². The van der Waals surface area contributed by atoms with Crippen molar-refractivity contribution in [3.05, 3.63) is 164 Å². The van der Waals surface area contributed by atoms with Crippen molar-refractivity contribution in [2.75, 3.05) is 131 Å². The molecule has 9 aromatic carbocycles. The van der Waals surface area contributed by atoms with Gasteiger partial charge in [0.05, 0.1) is 79.5 Å². The molecule has 9 aromatic rings. The summed E-state index contributed by atoms with van der Waals surface area (Å²) in [6.45, 7) is 28.4. The normalized spacial score (nSPS) is 20.3. The maximum Gasteiger partial charge on any atom is 0.391 e. The van der Waals surface area contributed by atoms with E-state index >= 15 is 41.9 Å². The lowest BCUT2D eigenvalue weighted by atomic mass is 9.80. The third-order valence-electron chi connectivity index (χ3n) is 22.9. The number of ether oxygens (including phenoxy) is 8. The van der Waals surface area contributed by atoms with Crippen LogP contribution in [-0.2, 0) is 28.5 Å². The minimum Gasteiger partial charge on any atom is -0.457 e. The number of carbonyl (C=O) groups excluding carboxylic acids is 6. The summed E-state index contributed by atoms with van der Waals surface area (Å²) in [7, 11) is 0. The SMILES string of the molecule is CCC(C(=O)N1CCN(CCN(CC2CO2)CC2CO2)CC1)N1C(=O)c2cc(Oc3cc(C)cc(C)c3)c3c4c(Oc5cc(C)cc(C)c5)cc5c6c(cc(Oc7cc(C)cc(C)c7)c(c7c(Oc8cc(C)cc(C)c8)cc(c2c37)C1=O)c64)C(=O)N(C(CC(F)(F)F)C(=O)N1CCN(CCN(CC2CO2)CC2CO2)CC1)C5=O. The van der Waals surface area contributed by atoms with Crippen molar-refractivity contribution in [3.63, 3.8) is 0 Å². The van der Waals surface area contributed by atoms with Crippen molar-refractivity contribution < 1.29 is 79.8 Å². The van der Waals surface area contributed by atoms with Gasteiger partial charge in [-0.2, -0.15) is 13.2 Å². The highest BCUT2D eigenvalue weighted by molar-refractivity contribution is 6.45. The Balaban J connectivity index is 0.862. The topological polar surface area (TPSA) is 215 Å². The van der Waals surface area contributed by atoms with Gasteiger partial charge in [-0.15, -0.1) is 0 Å². The Labute approximate surface area is 653 Å². The molecule has 113 heavy (non-hydrogen) atoms. The number of hydrogen-bond donors (Lipinski definition) is 0. The highest BCUT2D eigenvalue weighted by Gasteiger charge is 2.50. The van der Waals surface area contributed by atoms with Gasteiger partial charge in [0.15, 0.2) is 0 Å². The van der Waals surface area contributed by atoms with Gasteiger partial charge in [0.25, 0.3) is 23.6 Å². The van der Waals surface area contributed by atoms with Crippen LogP contribution in [0.2, 0.25) is 0 Å². The number of nitrogens with zero attached hydrogens (tertiary/aromatic N) is 8. The molecule has 17 rings (SSSR count). The number of hydrogen-bond acceptors (Lipinski definition) is 18. The Morgan fingerprint density at radius 3 is 0.894 bits per heavy atom. The van der Waals surface area contributed by atoms with Crippen LogP contribution in [0.3, 0.4) is 0 Å². The lowest BCUT2D eigenvalue weighted by Gasteiger charge is -2.40. The molecule has 22 nitrogen and oxygen atoms in total. The van der Waals surface area contributed by atoms with Crippen LogP contribution in [0.1, 0.15) is 106 Å². The maximum absolute atomic E-state index is 16.5. The van der Waals surface area contributed by atoms with Gasteiger partial charge in [0.1, 0.15) is 58.1 Å². The van der Waals surface area contributed by atoms with Crippen LogP contribution in [0.15, 0.2) is 97.1 Å². The van der Waals surface area contributed by atoms with Gasteiger partial charge < -0.3 is 47.7 Å². The zero-order chi connectivity index (χ0) is 78.7. The summed E-state index contributed by atoms with van der Waals surface area (Å²) in [4.78, 5) is 110. The van der Waals surface area contributed by atoms with E-state index in [4.69, 9.17) is 37.9 Å². The Kier molecular flexibility index (Phi) is 20.2. The number of imide groups is 2. The fraction of sp³-hybridized carbons (Fsp3) is 0.432. The quantitative estimate of drug-likeness (QED) is 0.0193. The lowest BCUT2D eigenvalue weighted by Crippen LogP contribution is -2.59. The number of fused-ring (bicyclic) bond motifs is 2. The zero-order valence-corrected chi connectivity index (χ0v) is 65.2. The molecule has 6 fully saturated rings. The molecule has 0 radical (unpaired) electrons. The number of aryl methyl sites for hydroxylation is 8. The molecule has 0 N–H and O–H groups in total. The fourth-order valence-corrected chi connectivity index (χ4v) is 17.6. The number of benzene rings is 9. The van der Waals surface area contributed by atoms with Crippen molar-refractivity contribution in [2.45, 2.75) is 118 Å². The van der Waals surface area contributed by atoms with E-state index in [0.29, 0.717) is 82.0 Å². The number of halogens is 3. The summed E-state index contributed by atoms with van der Waals surface area (Å²) < 4.78 is 98.5. The van der Waals surface area contributed by atoms with Crippen molar-refractivity contribution in [2.24, 2.45) is 0 Å². The molecule has 0 spiro atoms. The predicted octanol–water partition coefficient (Wildman–Crippen LogP) is 13.2. The van der Waals surface area contributed by atoms with Crippen LogP contribution in [-0.4, -0.2) is 248 Å². The Hall–Kier alpha value is -9.83. The van der Waals surface area contributed by atoms with E-state index in [2.05, 4.69) is 19.6 Å². The van der Waals surface area contributed by atoms with Crippen LogP contribution in [0, 0.1) is 55.4 Å². The molecule has 0 bridgehead atoms. The van der Waals surface area contributed by atoms with Crippen molar-refractivity contribution in [1.29, 1.82) is 0 Å². The van der Waals surface area contributed by atoms with Gasteiger partial charge in [-0.25, -0.2) is 0 Å². The molecule has 6 saturated heterocycles. The standard InChI is InChI=1S/C88H93F3N8O14/c1-10-68(86(104)96-19-15-92(16-20-96)11-13-94(40-60-44-106-60)41-61-45-107-61)98-82(100)64-35-70(110-56-27-48(2)23-49(3)28-56)76-78-72(112-58-31-52(6)25-53(7)32-58)37-66-75-67(85(103)99(84(66)102)69(39-88(89,90)91)87(105)97-21-17-93(18-22-97)12-14-95(42-62-46-108-62)43-63-47-109-63)38-73(113-59-33-54(8)26-55(9)34-59)79(81(75)78)77-71(36-65(83(98)101)74(64)80(76)77)111-57-29-50(4)24-51(5)30-57/h23-38,60-63,68-69H,10-22,39-47H2,1-9H3. The molecule has 6 unspecified atom stereocenters. The smallest absolute Gasteiger partial charge is 0.391 e. The number of rotatable bonds is 28. The highest BCUT2D eigenvalue weighted by Crippen LogP contribution is 2.59. The number of carbonyl (C=O) groups is 6. The molecule has 8 heterocycles. The molecule has 8 aliphatic rings. The Morgan fingerprint density at radius 2 is 0.646 bits per heavy atom. The van der Waals surface area contributed by atoms with Gasteiger partial charge in [0.2, 0.25) is 11.8 Å². The molecule has 6 amide bonds. The average Bonchev–Trinajstić information content (AvgIpc) is 1.51. The molecule has 590 valence electrons. The second-order valence-corrected chi connectivity index (χ2v) is 32.3. The first-order chi connectivity index (χ1) is 54.2. The number of piperazine rings is 2. The third-order valence-corrected chi connectivity index (χ3v) is 22.9. The van der Waals surface area contributed by atoms with Crippen molar-refractivity contribution >= 4 is 78.5 Å². The van der Waals surface area contributed by atoms with Gasteiger partial charge in [-0.05, 0) is 179 Å². The maximum atomic E-state index is 16.5. The van der Waals surface area contributed by atoms with Gasteiger partial charge in [-0.1, -0.05) is 31.2 Å². The summed E-state index contributed by atoms with van der Waals surface area (Å²) in [6.07, 6.45) is -6.13. The average molecular weight is 1540 g/mol. The van der Waals surface area contributed by atoms with Gasteiger partial charge >= 0.3 is 6.18 Å². The Morgan fingerprint density at radius 1 is 0.389 bits per heavy atom. The lowest BCUT2D eigenvalue weighted by molar-refractivity contribution is -0.159. The van der Waals surface area contributed by atoms with Crippen LogP contribution in [0.5, 0.6) is 46.0 Å². The van der Waals surface area contributed by atoms with Crippen LogP contribution >= 0.6 is 0 Å². The number of epoxide rings is 4. The molecule has 25 heteroatoms. The summed E-state index contributed by atoms with van der Waals surface area (Å²) in [6, 6.07) is 24.6. The van der Waals surface area contributed by atoms with Crippen molar-refractivity contribution in [1.82, 2.24) is 39.2 Å². The molecule has 0 saturated carbocycles. The van der Waals surface area contributed by atoms with E-state index in [1.54, 1.807) is 48.2 Å². The summed E-state index contributed by atoms with van der Waals surface area (Å²) >= 11 is 0. The van der Waals surface area contributed by atoms with Gasteiger partial charge in [-0.3, -0.25) is 58.2 Å². The van der Waals surface area contributed by atoms with E-state index in [1.165, 1.54) is 17.0 Å². The molecule has 8 aliphatic heterocycles. The number of amides is 6. The number of alkyl halides is 3. The first kappa shape index (κ1) is 75.8. The molecular weight excluding hydrogens is 1450 g/mol. The monoisotopic (exact) mass is 1540 g/mol. The first-order valence-electron chi connectivity index (χ1n) is 39.4. The second kappa shape index (κ2) is 30.2. The van der Waals surface area contributed by atoms with Gasteiger partial charge in [0, 0.05) is 148 Å². The minimum atomic E-state index is -5.08. The highest BCUT2D eigenvalue weighted by atomic mass is 19.4. The zero-order valence-electron chi connectivity index (χ0n) is 65.2. The molecule has 6 atom stereocenters. The largest absolute Gasteiger partial charge is 0.457 e. The summed E-state index contributed by atoms with van der Waals surface area (Å²) in [5, 5.41) is 1.30. The minimum absolute atomic E-state index is 0.00147.